The normalized spacial score (nSPS) is 15.0. The van der Waals surface area contributed by atoms with Crippen LogP contribution >= 0.6 is 11.3 Å². The molecule has 1 fully saturated rings. The zero-order chi connectivity index (χ0) is 14.7. The lowest BCUT2D eigenvalue weighted by molar-refractivity contribution is 0.0533. The minimum absolute atomic E-state index is 0.0244. The van der Waals surface area contributed by atoms with E-state index < -0.39 is 0 Å². The van der Waals surface area contributed by atoms with E-state index in [1.807, 2.05) is 30.3 Å². The molecule has 0 radical (unpaired) electrons. The Morgan fingerprint density at radius 1 is 0.952 bits per heavy atom. The van der Waals surface area contributed by atoms with Crippen molar-refractivity contribution in [2.24, 2.45) is 0 Å². The molecule has 3 rings (SSSR count). The Labute approximate surface area is 126 Å². The summed E-state index contributed by atoms with van der Waals surface area (Å²) in [5, 5.41) is 1.75. The third kappa shape index (κ3) is 2.95. The minimum Gasteiger partial charge on any atom is -0.335 e. The first-order valence-electron chi connectivity index (χ1n) is 6.77. The fourth-order valence-electron chi connectivity index (χ4n) is 2.36. The van der Waals surface area contributed by atoms with Crippen molar-refractivity contribution in [2.45, 2.75) is 0 Å². The number of carbonyl (C=O) groups is 2. The predicted octanol–water partition coefficient (Wildman–Crippen LogP) is 1.74. The van der Waals surface area contributed by atoms with Gasteiger partial charge in [0.15, 0.2) is 0 Å². The van der Waals surface area contributed by atoms with E-state index in [1.54, 1.807) is 20.7 Å². The summed E-state index contributed by atoms with van der Waals surface area (Å²) >= 11 is 1.41. The van der Waals surface area contributed by atoms with Gasteiger partial charge in [0.25, 0.3) is 11.8 Å². The molecule has 6 heteroatoms. The van der Waals surface area contributed by atoms with Gasteiger partial charge in [-0.15, -0.1) is 11.3 Å². The van der Waals surface area contributed by atoms with Gasteiger partial charge in [0.05, 0.1) is 5.51 Å². The molecular weight excluding hydrogens is 286 g/mol. The molecule has 0 atom stereocenters. The number of carbonyl (C=O) groups excluding carboxylic acids is 2. The molecule has 5 nitrogen and oxygen atoms in total. The maximum atomic E-state index is 12.3. The monoisotopic (exact) mass is 301 g/mol. The van der Waals surface area contributed by atoms with Gasteiger partial charge in [-0.05, 0) is 12.1 Å². The highest BCUT2D eigenvalue weighted by atomic mass is 32.1. The quantitative estimate of drug-likeness (QED) is 0.849. The van der Waals surface area contributed by atoms with E-state index in [0.717, 1.165) is 0 Å². The zero-order valence-electron chi connectivity index (χ0n) is 11.4. The molecule has 2 aromatic rings. The maximum Gasteiger partial charge on any atom is 0.273 e. The van der Waals surface area contributed by atoms with Gasteiger partial charge in [0.2, 0.25) is 0 Å². The smallest absolute Gasteiger partial charge is 0.273 e. The Balaban J connectivity index is 1.60. The van der Waals surface area contributed by atoms with Crippen LogP contribution < -0.4 is 0 Å². The van der Waals surface area contributed by atoms with Crippen molar-refractivity contribution in [1.29, 1.82) is 0 Å². The van der Waals surface area contributed by atoms with Gasteiger partial charge < -0.3 is 9.80 Å². The Kier molecular flexibility index (Phi) is 3.96. The average molecular weight is 301 g/mol. The molecule has 108 valence electrons. The summed E-state index contributed by atoms with van der Waals surface area (Å²) in [5.41, 5.74) is 2.84. The van der Waals surface area contributed by atoms with E-state index in [2.05, 4.69) is 4.98 Å². The highest BCUT2D eigenvalue weighted by Gasteiger charge is 2.26. The van der Waals surface area contributed by atoms with E-state index in [9.17, 15) is 9.59 Å². The zero-order valence-corrected chi connectivity index (χ0v) is 12.3. The molecule has 0 saturated carbocycles. The summed E-state index contributed by atoms with van der Waals surface area (Å²) in [6.45, 7) is 2.22. The van der Waals surface area contributed by atoms with Crippen molar-refractivity contribution >= 4 is 23.2 Å². The van der Waals surface area contributed by atoms with Crippen LogP contribution in [0.15, 0.2) is 41.2 Å². The van der Waals surface area contributed by atoms with Crippen molar-refractivity contribution in [1.82, 2.24) is 14.8 Å². The maximum absolute atomic E-state index is 12.3. The second-order valence-corrected chi connectivity index (χ2v) is 5.54. The molecule has 1 aliphatic rings. The summed E-state index contributed by atoms with van der Waals surface area (Å²) in [6, 6.07) is 9.23. The van der Waals surface area contributed by atoms with E-state index in [4.69, 9.17) is 0 Å². The molecule has 1 aromatic heterocycles. The Morgan fingerprint density at radius 2 is 1.57 bits per heavy atom. The fourth-order valence-corrected chi connectivity index (χ4v) is 2.88. The van der Waals surface area contributed by atoms with Crippen molar-refractivity contribution in [3.63, 3.8) is 0 Å². The van der Waals surface area contributed by atoms with Crippen LogP contribution in [0.25, 0.3) is 0 Å². The number of piperazine rings is 1. The summed E-state index contributed by atoms with van der Waals surface area (Å²) in [6.07, 6.45) is 0. The number of benzene rings is 1. The third-order valence-electron chi connectivity index (χ3n) is 3.53. The molecule has 0 bridgehead atoms. The third-order valence-corrected chi connectivity index (χ3v) is 4.11. The SMILES string of the molecule is O=C(c1ccccc1)N1CCN(C(=O)c2cscn2)CC1. The lowest BCUT2D eigenvalue weighted by Crippen LogP contribution is -2.50. The number of hydrogen-bond donors (Lipinski definition) is 0. The van der Waals surface area contributed by atoms with Gasteiger partial charge in [-0.3, -0.25) is 9.59 Å². The van der Waals surface area contributed by atoms with Crippen LogP contribution in [0.1, 0.15) is 20.8 Å². The molecular formula is C15H15N3O2S. The van der Waals surface area contributed by atoms with Crippen LogP contribution in [0, 0.1) is 0 Å². The molecule has 0 aliphatic carbocycles. The molecule has 2 heterocycles. The second kappa shape index (κ2) is 6.05. The fraction of sp³-hybridized carbons (Fsp3) is 0.267. The highest BCUT2D eigenvalue weighted by molar-refractivity contribution is 7.07. The first-order valence-corrected chi connectivity index (χ1v) is 7.72. The molecule has 2 amide bonds. The molecule has 0 unspecified atom stereocenters. The van der Waals surface area contributed by atoms with Gasteiger partial charge in [-0.2, -0.15) is 0 Å². The second-order valence-electron chi connectivity index (χ2n) is 4.82. The van der Waals surface area contributed by atoms with Gasteiger partial charge >= 0.3 is 0 Å². The van der Waals surface area contributed by atoms with Gasteiger partial charge in [0.1, 0.15) is 5.69 Å². The van der Waals surface area contributed by atoms with Crippen molar-refractivity contribution in [3.05, 3.63) is 52.5 Å². The number of hydrogen-bond acceptors (Lipinski definition) is 4. The molecule has 0 spiro atoms. The molecule has 0 N–H and O–H groups in total. The molecule has 1 aromatic carbocycles. The first kappa shape index (κ1) is 13.8. The molecule has 1 aliphatic heterocycles. The number of amides is 2. The van der Waals surface area contributed by atoms with Crippen molar-refractivity contribution in [3.8, 4) is 0 Å². The van der Waals surface area contributed by atoms with Gasteiger partial charge in [0, 0.05) is 37.1 Å². The summed E-state index contributed by atoms with van der Waals surface area (Å²) < 4.78 is 0. The lowest BCUT2D eigenvalue weighted by Gasteiger charge is -2.34. The lowest BCUT2D eigenvalue weighted by atomic mass is 10.2. The van der Waals surface area contributed by atoms with E-state index >= 15 is 0 Å². The van der Waals surface area contributed by atoms with E-state index in [0.29, 0.717) is 37.4 Å². The van der Waals surface area contributed by atoms with E-state index in [-0.39, 0.29) is 11.8 Å². The largest absolute Gasteiger partial charge is 0.335 e. The predicted molar refractivity (Wildman–Crippen MR) is 80.4 cm³/mol. The highest BCUT2D eigenvalue weighted by Crippen LogP contribution is 2.12. The van der Waals surface area contributed by atoms with Crippen LogP contribution in [0.5, 0.6) is 0 Å². The Morgan fingerprint density at radius 3 is 2.14 bits per heavy atom. The summed E-state index contributed by atoms with van der Waals surface area (Å²) in [7, 11) is 0. The topological polar surface area (TPSA) is 53.5 Å². The van der Waals surface area contributed by atoms with Crippen LogP contribution in [-0.2, 0) is 0 Å². The van der Waals surface area contributed by atoms with Crippen molar-refractivity contribution in [2.75, 3.05) is 26.2 Å². The van der Waals surface area contributed by atoms with Crippen molar-refractivity contribution < 1.29 is 9.59 Å². The summed E-state index contributed by atoms with van der Waals surface area (Å²) in [5.74, 6) is -0.0283. The Hall–Kier alpha value is -2.21. The molecule has 1 saturated heterocycles. The first-order chi connectivity index (χ1) is 10.3. The van der Waals surface area contributed by atoms with Crippen LogP contribution in [0.2, 0.25) is 0 Å². The van der Waals surface area contributed by atoms with Crippen LogP contribution in [0.4, 0.5) is 0 Å². The van der Waals surface area contributed by atoms with Crippen LogP contribution in [-0.4, -0.2) is 52.8 Å². The molecule has 21 heavy (non-hydrogen) atoms. The number of rotatable bonds is 2. The number of thiazole rings is 1. The van der Waals surface area contributed by atoms with Gasteiger partial charge in [-0.25, -0.2) is 4.98 Å². The van der Waals surface area contributed by atoms with E-state index in [1.165, 1.54) is 11.3 Å². The Bertz CT molecular complexity index is 620. The number of aromatic nitrogens is 1. The van der Waals surface area contributed by atoms with Crippen LogP contribution in [0.3, 0.4) is 0 Å². The minimum atomic E-state index is -0.0527. The standard InChI is InChI=1S/C15H15N3O2S/c19-14(12-4-2-1-3-5-12)17-6-8-18(9-7-17)15(20)13-10-21-11-16-13/h1-5,10-11H,6-9H2. The van der Waals surface area contributed by atoms with Gasteiger partial charge in [-0.1, -0.05) is 18.2 Å². The average Bonchev–Trinajstić information content (AvgIpc) is 3.09. The summed E-state index contributed by atoms with van der Waals surface area (Å²) in [4.78, 5) is 32.1. The number of nitrogens with zero attached hydrogens (tertiary/aromatic N) is 3.